The van der Waals surface area contributed by atoms with E-state index in [4.69, 9.17) is 4.74 Å². The zero-order valence-corrected chi connectivity index (χ0v) is 9.60. The Bertz CT molecular complexity index is 301. The van der Waals surface area contributed by atoms with Gasteiger partial charge in [-0.2, -0.15) is 0 Å². The van der Waals surface area contributed by atoms with Crippen LogP contribution in [-0.2, 0) is 0 Å². The standard InChI is InChI=1S/C12H19NO2/c1-4-13(2)9-12(14)10-6-5-7-11(8-10)15-3/h5-8,12,14H,4,9H2,1-3H3. The van der Waals surface area contributed by atoms with Crippen LogP contribution in [0.15, 0.2) is 24.3 Å². The first-order valence-corrected chi connectivity index (χ1v) is 5.18. The SMILES string of the molecule is CCN(C)CC(O)c1cccc(OC)c1. The highest BCUT2D eigenvalue weighted by Gasteiger charge is 2.10. The molecule has 0 spiro atoms. The van der Waals surface area contributed by atoms with Gasteiger partial charge in [-0.1, -0.05) is 19.1 Å². The first kappa shape index (κ1) is 12.0. The van der Waals surface area contributed by atoms with E-state index >= 15 is 0 Å². The van der Waals surface area contributed by atoms with Crippen LogP contribution < -0.4 is 4.74 Å². The Morgan fingerprint density at radius 2 is 2.20 bits per heavy atom. The fourth-order valence-electron chi connectivity index (χ4n) is 1.38. The largest absolute Gasteiger partial charge is 0.497 e. The molecule has 1 aromatic rings. The van der Waals surface area contributed by atoms with Crippen molar-refractivity contribution in [2.24, 2.45) is 0 Å². The van der Waals surface area contributed by atoms with Crippen molar-refractivity contribution in [2.75, 3.05) is 27.2 Å². The molecule has 0 saturated heterocycles. The molecule has 0 aliphatic heterocycles. The lowest BCUT2D eigenvalue weighted by Crippen LogP contribution is -2.24. The Morgan fingerprint density at radius 3 is 2.80 bits per heavy atom. The average molecular weight is 209 g/mol. The Kier molecular flexibility index (Phi) is 4.59. The summed E-state index contributed by atoms with van der Waals surface area (Å²) in [5, 5.41) is 9.94. The third-order valence-electron chi connectivity index (χ3n) is 2.50. The van der Waals surface area contributed by atoms with Crippen molar-refractivity contribution in [3.05, 3.63) is 29.8 Å². The molecule has 1 rings (SSSR count). The molecule has 15 heavy (non-hydrogen) atoms. The lowest BCUT2D eigenvalue weighted by molar-refractivity contribution is 0.129. The normalized spacial score (nSPS) is 12.9. The number of aliphatic hydroxyl groups is 1. The third kappa shape index (κ3) is 3.53. The molecule has 1 unspecified atom stereocenters. The van der Waals surface area contributed by atoms with Gasteiger partial charge in [0.15, 0.2) is 0 Å². The Balaban J connectivity index is 2.68. The highest BCUT2D eigenvalue weighted by atomic mass is 16.5. The molecule has 3 nitrogen and oxygen atoms in total. The summed E-state index contributed by atoms with van der Waals surface area (Å²) in [4.78, 5) is 2.07. The zero-order valence-electron chi connectivity index (χ0n) is 9.60. The van der Waals surface area contributed by atoms with Gasteiger partial charge in [0.2, 0.25) is 0 Å². The van der Waals surface area contributed by atoms with Crippen LogP contribution in [0.2, 0.25) is 0 Å². The maximum Gasteiger partial charge on any atom is 0.119 e. The first-order chi connectivity index (χ1) is 7.17. The molecule has 0 saturated carbocycles. The number of aliphatic hydroxyl groups excluding tert-OH is 1. The van der Waals surface area contributed by atoms with E-state index in [0.29, 0.717) is 6.54 Å². The topological polar surface area (TPSA) is 32.7 Å². The molecule has 0 amide bonds. The Hall–Kier alpha value is -1.06. The average Bonchev–Trinajstić information content (AvgIpc) is 2.28. The van der Waals surface area contributed by atoms with E-state index in [9.17, 15) is 5.11 Å². The van der Waals surface area contributed by atoms with Gasteiger partial charge >= 0.3 is 0 Å². The van der Waals surface area contributed by atoms with Crippen LogP contribution in [0.3, 0.4) is 0 Å². The van der Waals surface area contributed by atoms with Crippen LogP contribution in [0.25, 0.3) is 0 Å². The van der Waals surface area contributed by atoms with E-state index in [2.05, 4.69) is 11.8 Å². The Morgan fingerprint density at radius 1 is 1.47 bits per heavy atom. The summed E-state index contributed by atoms with van der Waals surface area (Å²) in [6.45, 7) is 3.64. The molecule has 0 heterocycles. The molecule has 0 aliphatic rings. The second kappa shape index (κ2) is 5.73. The molecule has 1 aromatic carbocycles. The number of hydrogen-bond donors (Lipinski definition) is 1. The van der Waals surface area contributed by atoms with Gasteiger partial charge in [-0.3, -0.25) is 0 Å². The second-order valence-electron chi connectivity index (χ2n) is 3.65. The van der Waals surface area contributed by atoms with Crippen molar-refractivity contribution in [3.63, 3.8) is 0 Å². The highest BCUT2D eigenvalue weighted by Crippen LogP contribution is 2.19. The number of methoxy groups -OCH3 is 1. The van der Waals surface area contributed by atoms with Crippen molar-refractivity contribution in [1.29, 1.82) is 0 Å². The van der Waals surface area contributed by atoms with Gasteiger partial charge in [0, 0.05) is 6.54 Å². The second-order valence-corrected chi connectivity index (χ2v) is 3.65. The van der Waals surface area contributed by atoms with Gasteiger partial charge < -0.3 is 14.7 Å². The molecular formula is C12H19NO2. The van der Waals surface area contributed by atoms with Crippen LogP contribution in [0, 0.1) is 0 Å². The minimum absolute atomic E-state index is 0.454. The van der Waals surface area contributed by atoms with Gasteiger partial charge in [-0.15, -0.1) is 0 Å². The number of rotatable bonds is 5. The van der Waals surface area contributed by atoms with Crippen LogP contribution in [0.5, 0.6) is 5.75 Å². The minimum atomic E-state index is -0.454. The summed E-state index contributed by atoms with van der Waals surface area (Å²) in [6, 6.07) is 7.55. The van der Waals surface area contributed by atoms with Gasteiger partial charge in [-0.25, -0.2) is 0 Å². The minimum Gasteiger partial charge on any atom is -0.497 e. The molecule has 0 aromatic heterocycles. The summed E-state index contributed by atoms with van der Waals surface area (Å²) >= 11 is 0. The molecular weight excluding hydrogens is 190 g/mol. The molecule has 1 N–H and O–H groups in total. The van der Waals surface area contributed by atoms with E-state index < -0.39 is 6.10 Å². The molecule has 0 fully saturated rings. The molecule has 84 valence electrons. The third-order valence-corrected chi connectivity index (χ3v) is 2.50. The summed E-state index contributed by atoms with van der Waals surface area (Å²) in [7, 11) is 3.62. The lowest BCUT2D eigenvalue weighted by Gasteiger charge is -2.19. The van der Waals surface area contributed by atoms with Crippen molar-refractivity contribution in [1.82, 2.24) is 4.90 Å². The van der Waals surface area contributed by atoms with Crippen LogP contribution in [0.1, 0.15) is 18.6 Å². The van der Waals surface area contributed by atoms with Crippen LogP contribution in [-0.4, -0.2) is 37.3 Å². The maximum absolute atomic E-state index is 9.94. The summed E-state index contributed by atoms with van der Waals surface area (Å²) in [5.74, 6) is 0.783. The van der Waals surface area contributed by atoms with Gasteiger partial charge in [0.1, 0.15) is 5.75 Å². The van der Waals surface area contributed by atoms with E-state index in [-0.39, 0.29) is 0 Å². The molecule has 0 bridgehead atoms. The van der Waals surface area contributed by atoms with Crippen molar-refractivity contribution < 1.29 is 9.84 Å². The summed E-state index contributed by atoms with van der Waals surface area (Å²) in [6.07, 6.45) is -0.454. The van der Waals surface area contributed by atoms with Crippen molar-refractivity contribution in [2.45, 2.75) is 13.0 Å². The van der Waals surface area contributed by atoms with Gasteiger partial charge in [0.05, 0.1) is 13.2 Å². The zero-order chi connectivity index (χ0) is 11.3. The number of nitrogens with zero attached hydrogens (tertiary/aromatic N) is 1. The molecule has 0 radical (unpaired) electrons. The number of ether oxygens (including phenoxy) is 1. The molecule has 0 aliphatic carbocycles. The van der Waals surface area contributed by atoms with E-state index in [1.165, 1.54) is 0 Å². The van der Waals surface area contributed by atoms with E-state index in [1.807, 2.05) is 31.3 Å². The van der Waals surface area contributed by atoms with E-state index in [1.54, 1.807) is 7.11 Å². The summed E-state index contributed by atoms with van der Waals surface area (Å²) < 4.78 is 5.11. The predicted octanol–water partition coefficient (Wildman–Crippen LogP) is 1.68. The first-order valence-electron chi connectivity index (χ1n) is 5.18. The number of benzene rings is 1. The van der Waals surface area contributed by atoms with Crippen LogP contribution in [0.4, 0.5) is 0 Å². The predicted molar refractivity (Wildman–Crippen MR) is 61.1 cm³/mol. The summed E-state index contributed by atoms with van der Waals surface area (Å²) in [5.41, 5.74) is 0.898. The molecule has 3 heteroatoms. The van der Waals surface area contributed by atoms with Crippen LogP contribution >= 0.6 is 0 Å². The van der Waals surface area contributed by atoms with Gasteiger partial charge in [-0.05, 0) is 31.3 Å². The molecule has 1 atom stereocenters. The fraction of sp³-hybridized carbons (Fsp3) is 0.500. The number of likely N-dealkylation sites (N-methyl/N-ethyl adjacent to an activating group) is 1. The lowest BCUT2D eigenvalue weighted by atomic mass is 10.1. The smallest absolute Gasteiger partial charge is 0.119 e. The monoisotopic (exact) mass is 209 g/mol. The maximum atomic E-state index is 9.94. The van der Waals surface area contributed by atoms with Crippen molar-refractivity contribution >= 4 is 0 Å². The number of hydrogen-bond acceptors (Lipinski definition) is 3. The highest BCUT2D eigenvalue weighted by molar-refractivity contribution is 5.29. The quantitative estimate of drug-likeness (QED) is 0.801. The van der Waals surface area contributed by atoms with Crippen molar-refractivity contribution in [3.8, 4) is 5.75 Å². The Labute approximate surface area is 91.3 Å². The van der Waals surface area contributed by atoms with E-state index in [0.717, 1.165) is 17.9 Å². The fourth-order valence-corrected chi connectivity index (χ4v) is 1.38. The van der Waals surface area contributed by atoms with Gasteiger partial charge in [0.25, 0.3) is 0 Å².